The second-order valence-corrected chi connectivity index (χ2v) is 8.09. The molecule has 0 aliphatic carbocycles. The van der Waals surface area contributed by atoms with Crippen LogP contribution in [-0.4, -0.2) is 15.7 Å². The molecule has 1 aromatic heterocycles. The van der Waals surface area contributed by atoms with Crippen molar-refractivity contribution < 1.29 is 9.72 Å². The molecule has 0 saturated carbocycles. The normalized spacial score (nSPS) is 13.3. The number of hydrogen-bond donors (Lipinski definition) is 1. The molecule has 2 rings (SSSR count). The molecule has 1 heterocycles. The van der Waals surface area contributed by atoms with Crippen molar-refractivity contribution in [1.82, 2.24) is 4.98 Å². The van der Waals surface area contributed by atoms with Gasteiger partial charge >= 0.3 is 0 Å². The van der Waals surface area contributed by atoms with Gasteiger partial charge in [0.15, 0.2) is 5.78 Å². The van der Waals surface area contributed by atoms with Crippen LogP contribution in [0.25, 0.3) is 12.2 Å². The predicted octanol–water partition coefficient (Wildman–Crippen LogP) is 2.33. The van der Waals surface area contributed by atoms with Crippen molar-refractivity contribution >= 4 is 50.9 Å². The molecule has 0 atom stereocenters. The lowest BCUT2D eigenvalue weighted by Crippen LogP contribution is -2.22. The van der Waals surface area contributed by atoms with Gasteiger partial charge in [-0.25, -0.2) is 0 Å². The van der Waals surface area contributed by atoms with Gasteiger partial charge in [0.05, 0.1) is 18.6 Å². The lowest BCUT2D eigenvalue weighted by molar-refractivity contribution is -0.385. The van der Waals surface area contributed by atoms with Gasteiger partial charge in [-0.1, -0.05) is 26.8 Å². The van der Waals surface area contributed by atoms with Crippen molar-refractivity contribution in [2.75, 3.05) is 0 Å². The van der Waals surface area contributed by atoms with E-state index in [0.29, 0.717) is 19.2 Å². The predicted molar refractivity (Wildman–Crippen MR) is 97.5 cm³/mol. The Morgan fingerprint density at radius 2 is 2.04 bits per heavy atom. The number of rotatable bonds is 3. The van der Waals surface area contributed by atoms with E-state index in [1.807, 2.05) is 0 Å². The minimum absolute atomic E-state index is 0.0774. The van der Waals surface area contributed by atoms with Crippen LogP contribution in [0.2, 0.25) is 0 Å². The summed E-state index contributed by atoms with van der Waals surface area (Å²) in [6.07, 6.45) is 2.97. The third kappa shape index (κ3) is 4.27. The van der Waals surface area contributed by atoms with Gasteiger partial charge in [0.1, 0.15) is 0 Å². The van der Waals surface area contributed by atoms with Crippen LogP contribution in [0.15, 0.2) is 27.5 Å². The van der Waals surface area contributed by atoms with E-state index in [0.717, 1.165) is 11.3 Å². The van der Waals surface area contributed by atoms with E-state index in [9.17, 15) is 19.7 Å². The third-order valence-corrected chi connectivity index (χ3v) is 4.78. The first-order chi connectivity index (χ1) is 11.1. The first-order valence-corrected chi connectivity index (χ1v) is 8.60. The number of H-pyrrole nitrogens is 1. The topological polar surface area (TPSA) is 93.1 Å². The van der Waals surface area contributed by atoms with Gasteiger partial charge in [0.2, 0.25) is 0 Å². The van der Waals surface area contributed by atoms with Gasteiger partial charge in [-0.05, 0) is 33.6 Å². The standard InChI is InChI=1S/C16H15BrN2O4S/c1-16(2,3)13(20)8-14-18-15(21)12(24-14)7-9-4-5-10(17)11(6-9)19(22)23/h4-8H,1-3H3,(H,18,21)/b12-7+,14-8+. The molecule has 6 nitrogen and oxygen atoms in total. The highest BCUT2D eigenvalue weighted by Crippen LogP contribution is 2.25. The largest absolute Gasteiger partial charge is 0.313 e. The van der Waals surface area contributed by atoms with Gasteiger partial charge < -0.3 is 4.98 Å². The number of aromatic nitrogens is 1. The van der Waals surface area contributed by atoms with Crippen LogP contribution in [0.5, 0.6) is 0 Å². The SMILES string of the molecule is CC(C)(C)C(=O)/C=c1\[nH]c(=O)/c(=C\c2ccc(Br)c([N+](=O)[O-])c2)s1. The molecule has 0 aliphatic heterocycles. The van der Waals surface area contributed by atoms with Crippen LogP contribution >= 0.6 is 27.3 Å². The molecule has 0 bridgehead atoms. The summed E-state index contributed by atoms with van der Waals surface area (Å²) in [6, 6.07) is 4.61. The number of ketones is 1. The highest BCUT2D eigenvalue weighted by Gasteiger charge is 2.18. The van der Waals surface area contributed by atoms with Gasteiger partial charge in [0, 0.05) is 17.6 Å². The number of nitrogens with one attached hydrogen (secondary N) is 1. The number of nitrogens with zero attached hydrogens (tertiary/aromatic N) is 1. The van der Waals surface area contributed by atoms with Gasteiger partial charge in [-0.15, -0.1) is 11.3 Å². The summed E-state index contributed by atoms with van der Waals surface area (Å²) in [7, 11) is 0. The van der Waals surface area contributed by atoms with Crippen LogP contribution < -0.4 is 14.8 Å². The summed E-state index contributed by atoms with van der Waals surface area (Å²) in [5.74, 6) is -0.0918. The van der Waals surface area contributed by atoms with Crippen molar-refractivity contribution in [1.29, 1.82) is 0 Å². The Hall–Kier alpha value is -2.06. The molecule has 0 radical (unpaired) electrons. The highest BCUT2D eigenvalue weighted by molar-refractivity contribution is 9.10. The maximum Gasteiger partial charge on any atom is 0.284 e. The van der Waals surface area contributed by atoms with Crippen LogP contribution in [0.3, 0.4) is 0 Å². The number of carbonyl (C=O) groups is 1. The zero-order valence-corrected chi connectivity index (χ0v) is 15.7. The third-order valence-electron chi connectivity index (χ3n) is 3.15. The van der Waals surface area contributed by atoms with Gasteiger partial charge in [-0.3, -0.25) is 19.7 Å². The van der Waals surface area contributed by atoms with Crippen molar-refractivity contribution in [2.24, 2.45) is 5.41 Å². The molecule has 0 spiro atoms. The van der Waals surface area contributed by atoms with E-state index >= 15 is 0 Å². The second-order valence-electron chi connectivity index (χ2n) is 6.16. The lowest BCUT2D eigenvalue weighted by atomic mass is 9.91. The van der Waals surface area contributed by atoms with E-state index in [-0.39, 0.29) is 17.0 Å². The highest BCUT2D eigenvalue weighted by atomic mass is 79.9. The molecule has 0 saturated heterocycles. The Balaban J connectivity index is 2.52. The van der Waals surface area contributed by atoms with E-state index in [4.69, 9.17) is 0 Å². The number of carbonyl (C=O) groups excluding carboxylic acids is 1. The number of benzene rings is 1. The average molecular weight is 411 g/mol. The van der Waals surface area contributed by atoms with Crippen molar-refractivity contribution in [2.45, 2.75) is 20.8 Å². The summed E-state index contributed by atoms with van der Waals surface area (Å²) in [5, 5.41) is 11.0. The van der Waals surface area contributed by atoms with Gasteiger partial charge in [-0.2, -0.15) is 0 Å². The van der Waals surface area contributed by atoms with Crippen molar-refractivity contribution in [3.63, 3.8) is 0 Å². The van der Waals surface area contributed by atoms with Crippen LogP contribution in [0.4, 0.5) is 5.69 Å². The smallest absolute Gasteiger partial charge is 0.284 e. The van der Waals surface area contributed by atoms with E-state index in [1.54, 1.807) is 39.0 Å². The Bertz CT molecular complexity index is 983. The maximum absolute atomic E-state index is 12.0. The minimum atomic E-state index is -0.531. The van der Waals surface area contributed by atoms with E-state index in [1.165, 1.54) is 12.1 Å². The van der Waals surface area contributed by atoms with E-state index in [2.05, 4.69) is 20.9 Å². The van der Waals surface area contributed by atoms with Crippen LogP contribution in [0, 0.1) is 15.5 Å². The summed E-state index contributed by atoms with van der Waals surface area (Å²) < 4.78 is 1.20. The number of hydrogen-bond acceptors (Lipinski definition) is 5. The van der Waals surface area contributed by atoms with Crippen molar-refractivity contribution in [3.8, 4) is 0 Å². The number of thiazole rings is 1. The second kappa shape index (κ2) is 6.82. The first kappa shape index (κ1) is 18.3. The molecule has 2 aromatic rings. The van der Waals surface area contributed by atoms with Gasteiger partial charge in [0.25, 0.3) is 11.2 Å². The lowest BCUT2D eigenvalue weighted by Gasteiger charge is -2.12. The van der Waals surface area contributed by atoms with E-state index < -0.39 is 10.3 Å². The monoisotopic (exact) mass is 410 g/mol. The Morgan fingerprint density at radius 3 is 2.62 bits per heavy atom. The number of halogens is 1. The molecule has 0 fully saturated rings. The number of nitro groups is 1. The molecule has 1 aromatic carbocycles. The number of aromatic amines is 1. The Labute approximate surface area is 149 Å². The molecule has 8 heteroatoms. The quantitative estimate of drug-likeness (QED) is 0.620. The minimum Gasteiger partial charge on any atom is -0.313 e. The summed E-state index contributed by atoms with van der Waals surface area (Å²) in [4.78, 5) is 37.1. The summed E-state index contributed by atoms with van der Waals surface area (Å²) in [5.41, 5.74) is -0.409. The molecule has 126 valence electrons. The molecular weight excluding hydrogens is 396 g/mol. The van der Waals surface area contributed by atoms with Crippen LogP contribution in [-0.2, 0) is 4.79 Å². The van der Waals surface area contributed by atoms with Crippen LogP contribution in [0.1, 0.15) is 26.3 Å². The summed E-state index contributed by atoms with van der Waals surface area (Å²) in [6.45, 7) is 5.39. The Morgan fingerprint density at radius 1 is 1.38 bits per heavy atom. The zero-order valence-electron chi connectivity index (χ0n) is 13.3. The van der Waals surface area contributed by atoms with Crippen molar-refractivity contribution in [3.05, 3.63) is 57.9 Å². The fourth-order valence-electron chi connectivity index (χ4n) is 1.77. The molecule has 0 amide bonds. The fraction of sp³-hybridized carbons (Fsp3) is 0.250. The average Bonchev–Trinajstić information content (AvgIpc) is 2.79. The number of nitro benzene ring substituents is 1. The maximum atomic E-state index is 12.0. The first-order valence-electron chi connectivity index (χ1n) is 6.99. The molecule has 24 heavy (non-hydrogen) atoms. The fourth-order valence-corrected chi connectivity index (χ4v) is 3.05. The molecule has 0 aliphatic rings. The molecule has 1 N–H and O–H groups in total. The number of Topliss-reactive ketones (excluding diaryl/α,β-unsaturated/α-hetero) is 1. The Kier molecular flexibility index (Phi) is 5.19. The summed E-state index contributed by atoms with van der Waals surface area (Å²) >= 11 is 4.25. The zero-order chi connectivity index (χ0) is 18.1. The molecule has 0 unspecified atom stereocenters. The molecular formula is C16H15BrN2O4S.